The van der Waals surface area contributed by atoms with Gasteiger partial charge in [-0.3, -0.25) is 4.79 Å². The number of nitrogens with two attached hydrogens (primary N) is 1. The number of nitrogens with zero attached hydrogens (tertiary/aromatic N) is 3. The molecule has 0 unspecified atom stereocenters. The van der Waals surface area contributed by atoms with Crippen molar-refractivity contribution in [2.24, 2.45) is 5.73 Å². The average molecular weight is 240 g/mol. The zero-order valence-corrected chi connectivity index (χ0v) is 10.3. The molecule has 0 saturated carbocycles. The van der Waals surface area contributed by atoms with E-state index in [-0.39, 0.29) is 12.5 Å². The molecule has 0 fully saturated rings. The van der Waals surface area contributed by atoms with Gasteiger partial charge in [0.15, 0.2) is 0 Å². The highest BCUT2D eigenvalue weighted by Gasteiger charge is 2.06. The number of hydrogen-bond acceptors (Lipinski definition) is 5. The van der Waals surface area contributed by atoms with Gasteiger partial charge < -0.3 is 10.5 Å². The summed E-state index contributed by atoms with van der Waals surface area (Å²) in [6.07, 6.45) is 6.03. The third kappa shape index (κ3) is 5.44. The largest absolute Gasteiger partial charge is 0.464 e. The van der Waals surface area contributed by atoms with E-state index in [2.05, 4.69) is 17.2 Å². The van der Waals surface area contributed by atoms with Crippen molar-refractivity contribution in [1.29, 1.82) is 0 Å². The molecule has 1 rings (SSSR count). The molecule has 0 aliphatic heterocycles. The second-order valence-electron chi connectivity index (χ2n) is 3.89. The smallest absolute Gasteiger partial charge is 0.327 e. The summed E-state index contributed by atoms with van der Waals surface area (Å²) in [4.78, 5) is 11.4. The van der Waals surface area contributed by atoms with Crippen LogP contribution in [-0.2, 0) is 22.6 Å². The first-order valence-electron chi connectivity index (χ1n) is 6.01. The molecular formula is C11H20N4O2. The summed E-state index contributed by atoms with van der Waals surface area (Å²) in [6, 6.07) is 0. The van der Waals surface area contributed by atoms with Gasteiger partial charge in [-0.05, 0) is 6.42 Å². The minimum Gasteiger partial charge on any atom is -0.464 e. The Labute approximate surface area is 101 Å². The molecule has 0 aromatic carbocycles. The fourth-order valence-electron chi connectivity index (χ4n) is 1.40. The van der Waals surface area contributed by atoms with Crippen molar-refractivity contribution >= 4 is 5.97 Å². The molecule has 0 spiro atoms. The van der Waals surface area contributed by atoms with E-state index in [4.69, 9.17) is 10.5 Å². The molecule has 6 heteroatoms. The van der Waals surface area contributed by atoms with Gasteiger partial charge in [-0.2, -0.15) is 0 Å². The minimum absolute atomic E-state index is 0.0980. The van der Waals surface area contributed by atoms with Gasteiger partial charge >= 0.3 is 5.97 Å². The van der Waals surface area contributed by atoms with Gasteiger partial charge in [-0.15, -0.1) is 5.10 Å². The predicted octanol–water partition coefficient (Wildman–Crippen LogP) is 0.860. The summed E-state index contributed by atoms with van der Waals surface area (Å²) in [5, 5.41) is 7.56. The van der Waals surface area contributed by atoms with Gasteiger partial charge in [0.05, 0.1) is 18.5 Å². The number of hydrogen-bond donors (Lipinski definition) is 1. The highest BCUT2D eigenvalue weighted by atomic mass is 16.5. The molecule has 96 valence electrons. The number of aromatic nitrogens is 3. The van der Waals surface area contributed by atoms with Crippen LogP contribution in [0, 0.1) is 0 Å². The molecule has 1 aromatic rings. The summed E-state index contributed by atoms with van der Waals surface area (Å²) >= 11 is 0. The second kappa shape index (κ2) is 7.78. The van der Waals surface area contributed by atoms with Crippen molar-refractivity contribution in [3.8, 4) is 0 Å². The molecule has 0 atom stereocenters. The van der Waals surface area contributed by atoms with E-state index in [0.717, 1.165) is 12.8 Å². The normalized spacial score (nSPS) is 10.5. The lowest BCUT2D eigenvalue weighted by molar-refractivity contribution is -0.144. The lowest BCUT2D eigenvalue weighted by atomic mass is 10.2. The van der Waals surface area contributed by atoms with Gasteiger partial charge in [0.2, 0.25) is 0 Å². The molecule has 1 aromatic heterocycles. The fourth-order valence-corrected chi connectivity index (χ4v) is 1.40. The lowest BCUT2D eigenvalue weighted by Gasteiger charge is -2.03. The van der Waals surface area contributed by atoms with Gasteiger partial charge in [0.1, 0.15) is 6.54 Å². The number of unbranched alkanes of at least 4 members (excludes halogenated alkanes) is 3. The Morgan fingerprint density at radius 1 is 1.47 bits per heavy atom. The quantitative estimate of drug-likeness (QED) is 0.538. The molecule has 0 bridgehead atoms. The van der Waals surface area contributed by atoms with Crippen molar-refractivity contribution in [1.82, 2.24) is 15.0 Å². The highest BCUT2D eigenvalue weighted by Crippen LogP contribution is 1.99. The van der Waals surface area contributed by atoms with E-state index in [1.807, 2.05) is 0 Å². The van der Waals surface area contributed by atoms with Crippen LogP contribution in [0.15, 0.2) is 6.20 Å². The zero-order valence-electron chi connectivity index (χ0n) is 10.3. The van der Waals surface area contributed by atoms with E-state index in [0.29, 0.717) is 18.8 Å². The van der Waals surface area contributed by atoms with E-state index in [9.17, 15) is 4.79 Å². The first kappa shape index (κ1) is 13.6. The van der Waals surface area contributed by atoms with Crippen LogP contribution in [0.1, 0.15) is 38.3 Å². The van der Waals surface area contributed by atoms with Crippen LogP contribution in [-0.4, -0.2) is 27.6 Å². The summed E-state index contributed by atoms with van der Waals surface area (Å²) in [7, 11) is 0. The summed E-state index contributed by atoms with van der Waals surface area (Å²) in [5.41, 5.74) is 6.06. The van der Waals surface area contributed by atoms with Crippen molar-refractivity contribution in [3.63, 3.8) is 0 Å². The summed E-state index contributed by atoms with van der Waals surface area (Å²) in [5.74, 6) is -0.282. The maximum absolute atomic E-state index is 11.4. The number of ether oxygens (including phenoxy) is 1. The number of carbonyl (C=O) groups is 1. The van der Waals surface area contributed by atoms with Gasteiger partial charge in [0.25, 0.3) is 0 Å². The van der Waals surface area contributed by atoms with E-state index in [1.54, 1.807) is 6.20 Å². The highest BCUT2D eigenvalue weighted by molar-refractivity contribution is 5.68. The molecular weight excluding hydrogens is 220 g/mol. The van der Waals surface area contributed by atoms with Gasteiger partial charge in [-0.25, -0.2) is 4.68 Å². The first-order valence-corrected chi connectivity index (χ1v) is 6.01. The van der Waals surface area contributed by atoms with Crippen LogP contribution in [0.25, 0.3) is 0 Å². The Balaban J connectivity index is 2.16. The monoisotopic (exact) mass is 240 g/mol. The number of esters is 1. The molecule has 0 amide bonds. The third-order valence-corrected chi connectivity index (χ3v) is 2.35. The Hall–Kier alpha value is -1.43. The lowest BCUT2D eigenvalue weighted by Crippen LogP contribution is -2.14. The number of carbonyl (C=O) groups excluding carboxylic acids is 1. The molecule has 2 N–H and O–H groups in total. The summed E-state index contributed by atoms with van der Waals surface area (Å²) < 4.78 is 6.52. The molecule has 0 aliphatic rings. The Morgan fingerprint density at radius 2 is 2.29 bits per heavy atom. The van der Waals surface area contributed by atoms with E-state index in [1.165, 1.54) is 17.5 Å². The van der Waals surface area contributed by atoms with Crippen LogP contribution < -0.4 is 5.73 Å². The van der Waals surface area contributed by atoms with Crippen LogP contribution >= 0.6 is 0 Å². The maximum atomic E-state index is 11.4. The van der Waals surface area contributed by atoms with Crippen LogP contribution in [0.3, 0.4) is 0 Å². The summed E-state index contributed by atoms with van der Waals surface area (Å²) in [6.45, 7) is 3.05. The average Bonchev–Trinajstić information content (AvgIpc) is 2.76. The Kier molecular flexibility index (Phi) is 6.24. The van der Waals surface area contributed by atoms with Crippen molar-refractivity contribution in [2.75, 3.05) is 6.61 Å². The molecule has 0 radical (unpaired) electrons. The molecule has 17 heavy (non-hydrogen) atoms. The van der Waals surface area contributed by atoms with Crippen LogP contribution in [0.4, 0.5) is 0 Å². The Bertz CT molecular complexity index is 338. The topological polar surface area (TPSA) is 83.0 Å². The molecule has 0 saturated heterocycles. The Morgan fingerprint density at radius 3 is 2.94 bits per heavy atom. The van der Waals surface area contributed by atoms with Gasteiger partial charge in [0, 0.05) is 6.54 Å². The third-order valence-electron chi connectivity index (χ3n) is 2.35. The van der Waals surface area contributed by atoms with E-state index < -0.39 is 0 Å². The minimum atomic E-state index is -0.282. The number of rotatable bonds is 8. The fraction of sp³-hybridized carbons (Fsp3) is 0.727. The molecule has 1 heterocycles. The van der Waals surface area contributed by atoms with E-state index >= 15 is 0 Å². The van der Waals surface area contributed by atoms with Crippen LogP contribution in [0.2, 0.25) is 0 Å². The standard InChI is InChI=1S/C11H20N4O2/c1-2-3-4-5-6-17-11(16)9-15-8-10(7-12)13-14-15/h8H,2-7,9,12H2,1H3. The van der Waals surface area contributed by atoms with Crippen molar-refractivity contribution in [3.05, 3.63) is 11.9 Å². The predicted molar refractivity (Wildman–Crippen MR) is 63.0 cm³/mol. The maximum Gasteiger partial charge on any atom is 0.327 e. The second-order valence-corrected chi connectivity index (χ2v) is 3.89. The van der Waals surface area contributed by atoms with Gasteiger partial charge in [-0.1, -0.05) is 31.4 Å². The van der Waals surface area contributed by atoms with Crippen molar-refractivity contribution in [2.45, 2.75) is 45.7 Å². The molecule has 6 nitrogen and oxygen atoms in total. The van der Waals surface area contributed by atoms with Crippen molar-refractivity contribution < 1.29 is 9.53 Å². The zero-order chi connectivity index (χ0) is 12.5. The SMILES string of the molecule is CCCCCCOC(=O)Cn1cc(CN)nn1. The first-order chi connectivity index (χ1) is 8.26. The molecule has 0 aliphatic carbocycles. The van der Waals surface area contributed by atoms with Crippen LogP contribution in [0.5, 0.6) is 0 Å².